The summed E-state index contributed by atoms with van der Waals surface area (Å²) in [5, 5.41) is 16.1. The number of rotatable bonds is 6. The van der Waals surface area contributed by atoms with E-state index in [2.05, 4.69) is 32.0 Å². The van der Waals surface area contributed by atoms with Gasteiger partial charge in [0.25, 0.3) is 5.69 Å². The molecule has 1 aliphatic heterocycles. The van der Waals surface area contributed by atoms with Crippen molar-refractivity contribution in [1.29, 1.82) is 0 Å². The fourth-order valence-corrected chi connectivity index (χ4v) is 4.26. The van der Waals surface area contributed by atoms with Crippen molar-refractivity contribution in [2.45, 2.75) is 0 Å². The van der Waals surface area contributed by atoms with Crippen molar-refractivity contribution in [3.05, 3.63) is 65.0 Å². The summed E-state index contributed by atoms with van der Waals surface area (Å²) in [7, 11) is 3.52. The van der Waals surface area contributed by atoms with Gasteiger partial charge >= 0.3 is 0 Å². The Labute approximate surface area is 195 Å². The number of aryl methyl sites for hydroxylation is 1. The molecule has 1 fully saturated rings. The van der Waals surface area contributed by atoms with Gasteiger partial charge in [0, 0.05) is 61.1 Å². The first kappa shape index (κ1) is 21.7. The Bertz CT molecular complexity index is 1360. The van der Waals surface area contributed by atoms with Gasteiger partial charge < -0.3 is 24.3 Å². The molecule has 10 nitrogen and oxygen atoms in total. The Balaban J connectivity index is 1.52. The molecule has 0 atom stereocenters. The number of anilines is 3. The molecule has 5 rings (SSSR count). The molecular formula is C24H24N6O4. The van der Waals surface area contributed by atoms with Crippen LogP contribution in [0.2, 0.25) is 0 Å². The molecule has 0 spiro atoms. The molecular weight excluding hydrogens is 436 g/mol. The number of nitrogens with zero attached hydrogens (tertiary/aromatic N) is 5. The summed E-state index contributed by atoms with van der Waals surface area (Å²) < 4.78 is 13.0. The zero-order valence-corrected chi connectivity index (χ0v) is 18.9. The quantitative estimate of drug-likeness (QED) is 0.338. The first-order valence-corrected chi connectivity index (χ1v) is 10.9. The second kappa shape index (κ2) is 8.99. The van der Waals surface area contributed by atoms with Gasteiger partial charge in [-0.2, -0.15) is 0 Å². The van der Waals surface area contributed by atoms with E-state index in [1.54, 1.807) is 12.3 Å². The largest absolute Gasteiger partial charge is 0.494 e. The lowest BCUT2D eigenvalue weighted by atomic mass is 10.1. The van der Waals surface area contributed by atoms with E-state index in [4.69, 9.17) is 9.47 Å². The van der Waals surface area contributed by atoms with Crippen LogP contribution in [0.4, 0.5) is 23.0 Å². The summed E-state index contributed by atoms with van der Waals surface area (Å²) in [5.74, 6) is 0.781. The van der Waals surface area contributed by atoms with Crippen molar-refractivity contribution < 1.29 is 14.4 Å². The summed E-state index contributed by atoms with van der Waals surface area (Å²) in [6, 6.07) is 13.1. The Morgan fingerprint density at radius 1 is 1.18 bits per heavy atom. The Kier molecular flexibility index (Phi) is 5.72. The van der Waals surface area contributed by atoms with Crippen LogP contribution >= 0.6 is 0 Å². The lowest BCUT2D eigenvalue weighted by Crippen LogP contribution is -2.36. The van der Waals surface area contributed by atoms with Gasteiger partial charge in [-0.1, -0.05) is 18.2 Å². The van der Waals surface area contributed by atoms with Crippen LogP contribution in [0, 0.1) is 10.1 Å². The lowest BCUT2D eigenvalue weighted by Gasteiger charge is -2.29. The van der Waals surface area contributed by atoms with Gasteiger partial charge in [-0.25, -0.2) is 9.97 Å². The molecule has 10 heteroatoms. The molecule has 0 radical (unpaired) electrons. The molecule has 3 heterocycles. The predicted molar refractivity (Wildman–Crippen MR) is 130 cm³/mol. The highest BCUT2D eigenvalue weighted by molar-refractivity contribution is 5.95. The van der Waals surface area contributed by atoms with Crippen molar-refractivity contribution >= 4 is 33.9 Å². The number of aromatic nitrogens is 3. The zero-order valence-electron chi connectivity index (χ0n) is 18.9. The molecule has 1 N–H and O–H groups in total. The van der Waals surface area contributed by atoms with E-state index in [9.17, 15) is 10.1 Å². The van der Waals surface area contributed by atoms with Crippen molar-refractivity contribution in [1.82, 2.24) is 14.5 Å². The molecule has 0 aliphatic carbocycles. The number of nitrogens with one attached hydrogen (secondary N) is 1. The van der Waals surface area contributed by atoms with Crippen LogP contribution in [0.15, 0.2) is 54.9 Å². The number of hydrogen-bond acceptors (Lipinski definition) is 8. The minimum Gasteiger partial charge on any atom is -0.494 e. The van der Waals surface area contributed by atoms with Crippen molar-refractivity contribution in [3.8, 4) is 17.0 Å². The van der Waals surface area contributed by atoms with E-state index in [1.165, 1.54) is 13.2 Å². The van der Waals surface area contributed by atoms with Crippen LogP contribution in [0.1, 0.15) is 0 Å². The molecule has 2 aromatic heterocycles. The molecule has 0 saturated carbocycles. The maximum atomic E-state index is 11.9. The lowest BCUT2D eigenvalue weighted by molar-refractivity contribution is -0.384. The molecule has 174 valence electrons. The van der Waals surface area contributed by atoms with E-state index in [0.29, 0.717) is 49.4 Å². The Hall–Kier alpha value is -4.18. The van der Waals surface area contributed by atoms with Crippen LogP contribution in [-0.2, 0) is 11.8 Å². The number of hydrogen-bond donors (Lipinski definition) is 1. The minimum atomic E-state index is -0.386. The Morgan fingerprint density at radius 3 is 2.74 bits per heavy atom. The molecule has 0 unspecified atom stereocenters. The number of ether oxygens (including phenoxy) is 2. The molecule has 2 aromatic carbocycles. The van der Waals surface area contributed by atoms with Crippen molar-refractivity contribution in [3.63, 3.8) is 0 Å². The first-order chi connectivity index (χ1) is 16.5. The molecule has 0 bridgehead atoms. The minimum absolute atomic E-state index is 0.0181. The summed E-state index contributed by atoms with van der Waals surface area (Å²) in [4.78, 5) is 22.4. The SMILES string of the molecule is COc1cc(N2CCOCC2)c([N+](=O)[O-])cc1Nc1nccc(-c2cn(C)c3ccccc23)n1. The van der Waals surface area contributed by atoms with Crippen molar-refractivity contribution in [2.75, 3.05) is 43.6 Å². The van der Waals surface area contributed by atoms with E-state index in [1.807, 2.05) is 36.3 Å². The van der Waals surface area contributed by atoms with Crippen molar-refractivity contribution in [2.24, 2.45) is 7.05 Å². The third-order valence-corrected chi connectivity index (χ3v) is 5.92. The highest BCUT2D eigenvalue weighted by Gasteiger charge is 2.25. The summed E-state index contributed by atoms with van der Waals surface area (Å²) in [5.41, 5.74) is 3.72. The second-order valence-corrected chi connectivity index (χ2v) is 7.96. The van der Waals surface area contributed by atoms with Crippen LogP contribution in [0.5, 0.6) is 5.75 Å². The Morgan fingerprint density at radius 2 is 1.97 bits per heavy atom. The predicted octanol–water partition coefficient (Wildman–Crippen LogP) is 4.13. The van der Waals surface area contributed by atoms with Gasteiger partial charge in [-0.15, -0.1) is 0 Å². The maximum Gasteiger partial charge on any atom is 0.294 e. The third-order valence-electron chi connectivity index (χ3n) is 5.92. The molecule has 0 amide bonds. The van der Waals surface area contributed by atoms with E-state index in [-0.39, 0.29) is 10.6 Å². The summed E-state index contributed by atoms with van der Waals surface area (Å²) in [6.07, 6.45) is 3.69. The number of benzene rings is 2. The normalized spacial score (nSPS) is 13.8. The highest BCUT2D eigenvalue weighted by Crippen LogP contribution is 2.39. The third kappa shape index (κ3) is 3.99. The van der Waals surface area contributed by atoms with E-state index < -0.39 is 0 Å². The zero-order chi connectivity index (χ0) is 23.7. The van der Waals surface area contributed by atoms with Gasteiger partial charge in [0.1, 0.15) is 11.4 Å². The highest BCUT2D eigenvalue weighted by atomic mass is 16.6. The van der Waals surface area contributed by atoms with Crippen LogP contribution in [-0.4, -0.2) is 52.9 Å². The maximum absolute atomic E-state index is 11.9. The fraction of sp³-hybridized carbons (Fsp3) is 0.250. The topological polar surface area (TPSA) is 108 Å². The van der Waals surface area contributed by atoms with Gasteiger partial charge in [-0.3, -0.25) is 10.1 Å². The number of fused-ring (bicyclic) bond motifs is 1. The van der Waals surface area contributed by atoms with Crippen LogP contribution in [0.25, 0.3) is 22.2 Å². The van der Waals surface area contributed by atoms with Gasteiger partial charge in [0.05, 0.1) is 36.6 Å². The smallest absolute Gasteiger partial charge is 0.294 e. The standard InChI is InChI=1S/C24H24N6O4/c1-28-15-17(16-5-3-4-6-20(16)28)18-7-8-25-24(26-18)27-19-13-22(30(31)32)21(14-23(19)33-2)29-9-11-34-12-10-29/h3-8,13-15H,9-12H2,1-2H3,(H,25,26,27). The van der Waals surface area contributed by atoms with Crippen LogP contribution in [0.3, 0.4) is 0 Å². The average molecular weight is 460 g/mol. The first-order valence-electron chi connectivity index (χ1n) is 10.9. The second-order valence-electron chi connectivity index (χ2n) is 7.96. The molecule has 34 heavy (non-hydrogen) atoms. The summed E-state index contributed by atoms with van der Waals surface area (Å²) >= 11 is 0. The van der Waals surface area contributed by atoms with E-state index in [0.717, 1.165) is 22.2 Å². The average Bonchev–Trinajstić information content (AvgIpc) is 3.21. The van der Waals surface area contributed by atoms with Crippen LogP contribution < -0.4 is 15.0 Å². The summed E-state index contributed by atoms with van der Waals surface area (Å²) in [6.45, 7) is 2.20. The van der Waals surface area contributed by atoms with Gasteiger partial charge in [0.2, 0.25) is 5.95 Å². The number of morpholine rings is 1. The van der Waals surface area contributed by atoms with Gasteiger partial charge in [0.15, 0.2) is 0 Å². The number of para-hydroxylation sites is 1. The number of methoxy groups -OCH3 is 1. The fourth-order valence-electron chi connectivity index (χ4n) is 4.26. The molecule has 1 aliphatic rings. The number of nitro benzene ring substituents is 1. The molecule has 1 saturated heterocycles. The van der Waals surface area contributed by atoms with E-state index >= 15 is 0 Å². The molecule has 4 aromatic rings. The monoisotopic (exact) mass is 460 g/mol. The number of nitro groups is 1. The van der Waals surface area contributed by atoms with Gasteiger partial charge in [-0.05, 0) is 12.1 Å².